The molecule has 0 amide bonds. The summed E-state index contributed by atoms with van der Waals surface area (Å²) in [7, 11) is 0. The molecule has 1 aliphatic carbocycles. The molecule has 1 saturated carbocycles. The van der Waals surface area contributed by atoms with E-state index in [-0.39, 0.29) is 12.2 Å². The zero-order valence-corrected chi connectivity index (χ0v) is 13.6. The lowest BCUT2D eigenvalue weighted by Crippen LogP contribution is -2.28. The molecule has 0 spiro atoms. The Morgan fingerprint density at radius 3 is 2.83 bits per heavy atom. The van der Waals surface area contributed by atoms with Gasteiger partial charge in [-0.05, 0) is 37.8 Å². The van der Waals surface area contributed by atoms with E-state index >= 15 is 0 Å². The van der Waals surface area contributed by atoms with E-state index in [9.17, 15) is 5.11 Å². The van der Waals surface area contributed by atoms with Gasteiger partial charge in [0.2, 0.25) is 5.95 Å². The summed E-state index contributed by atoms with van der Waals surface area (Å²) in [4.78, 5) is 9.04. The van der Waals surface area contributed by atoms with Gasteiger partial charge >= 0.3 is 0 Å². The second-order valence-electron chi connectivity index (χ2n) is 6.67. The predicted molar refractivity (Wildman–Crippen MR) is 91.3 cm³/mol. The number of aliphatic hydroxyl groups is 1. The Morgan fingerprint density at radius 2 is 2.04 bits per heavy atom. The molecule has 2 heterocycles. The van der Waals surface area contributed by atoms with Gasteiger partial charge in [-0.3, -0.25) is 0 Å². The Hall–Kier alpha value is -1.92. The van der Waals surface area contributed by atoms with Gasteiger partial charge in [-0.2, -0.15) is 0 Å². The number of rotatable bonds is 4. The summed E-state index contributed by atoms with van der Waals surface area (Å²) >= 11 is 0. The smallest absolute Gasteiger partial charge is 0.223 e. The highest BCUT2D eigenvalue weighted by atomic mass is 16.5. The van der Waals surface area contributed by atoms with Gasteiger partial charge in [0, 0.05) is 30.1 Å². The minimum atomic E-state index is -0.153. The van der Waals surface area contributed by atoms with E-state index < -0.39 is 0 Å². The van der Waals surface area contributed by atoms with E-state index in [1.165, 1.54) is 0 Å². The molecule has 128 valence electrons. The number of fused-ring (bicyclic) bond motifs is 1. The van der Waals surface area contributed by atoms with Crippen LogP contribution in [0.15, 0.2) is 24.4 Å². The van der Waals surface area contributed by atoms with Crippen molar-refractivity contribution in [2.45, 2.75) is 50.4 Å². The third-order valence-corrected chi connectivity index (χ3v) is 4.77. The Labute approximate surface area is 141 Å². The molecule has 1 saturated heterocycles. The second kappa shape index (κ2) is 6.91. The van der Waals surface area contributed by atoms with Gasteiger partial charge < -0.3 is 19.9 Å². The summed E-state index contributed by atoms with van der Waals surface area (Å²) < 4.78 is 11.3. The number of nitrogens with zero attached hydrogens (tertiary/aromatic N) is 2. The monoisotopic (exact) mass is 329 g/mol. The number of hydrogen-bond acceptors (Lipinski definition) is 6. The quantitative estimate of drug-likeness (QED) is 0.897. The largest absolute Gasteiger partial charge is 0.488 e. The zero-order chi connectivity index (χ0) is 16.4. The Balaban J connectivity index is 1.48. The molecular weight excluding hydrogens is 306 g/mol. The van der Waals surface area contributed by atoms with E-state index in [2.05, 4.69) is 15.3 Å². The average molecular weight is 329 g/mol. The lowest BCUT2D eigenvalue weighted by molar-refractivity contribution is 0.126. The van der Waals surface area contributed by atoms with Crippen LogP contribution in [-0.4, -0.2) is 46.5 Å². The molecule has 6 nitrogen and oxygen atoms in total. The summed E-state index contributed by atoms with van der Waals surface area (Å²) in [6.45, 7) is 1.42. The molecule has 0 radical (unpaired) electrons. The molecule has 2 N–H and O–H groups in total. The maximum Gasteiger partial charge on any atom is 0.223 e. The van der Waals surface area contributed by atoms with Crippen LogP contribution in [0.3, 0.4) is 0 Å². The molecule has 1 atom stereocenters. The van der Waals surface area contributed by atoms with Crippen LogP contribution in [0, 0.1) is 0 Å². The predicted octanol–water partition coefficient (Wildman–Crippen LogP) is 2.51. The van der Waals surface area contributed by atoms with Gasteiger partial charge in [-0.1, -0.05) is 0 Å². The van der Waals surface area contributed by atoms with Crippen LogP contribution in [-0.2, 0) is 4.74 Å². The zero-order valence-electron chi connectivity index (χ0n) is 13.6. The molecule has 2 aromatic rings. The highest BCUT2D eigenvalue weighted by Gasteiger charge is 2.20. The van der Waals surface area contributed by atoms with Crippen molar-refractivity contribution in [3.8, 4) is 5.75 Å². The van der Waals surface area contributed by atoms with Crippen LogP contribution < -0.4 is 10.1 Å². The van der Waals surface area contributed by atoms with E-state index in [0.717, 1.165) is 55.4 Å². The third kappa shape index (κ3) is 3.60. The van der Waals surface area contributed by atoms with Gasteiger partial charge in [0.05, 0.1) is 24.8 Å². The van der Waals surface area contributed by atoms with Crippen molar-refractivity contribution in [1.29, 1.82) is 0 Å². The molecule has 1 aliphatic heterocycles. The van der Waals surface area contributed by atoms with Crippen LogP contribution in [0.5, 0.6) is 5.75 Å². The van der Waals surface area contributed by atoms with Crippen molar-refractivity contribution >= 4 is 16.9 Å². The Bertz CT molecular complexity index is 695. The van der Waals surface area contributed by atoms with Crippen LogP contribution in [0.2, 0.25) is 0 Å². The molecule has 0 unspecified atom stereocenters. The van der Waals surface area contributed by atoms with Crippen LogP contribution in [0.4, 0.5) is 5.95 Å². The third-order valence-electron chi connectivity index (χ3n) is 4.77. The first kappa shape index (κ1) is 15.6. The molecule has 0 bridgehead atoms. The summed E-state index contributed by atoms with van der Waals surface area (Å²) in [5.74, 6) is 1.47. The molecule has 6 heteroatoms. The first-order valence-electron chi connectivity index (χ1n) is 8.72. The molecule has 24 heavy (non-hydrogen) atoms. The van der Waals surface area contributed by atoms with Crippen molar-refractivity contribution in [2.24, 2.45) is 0 Å². The summed E-state index contributed by atoms with van der Waals surface area (Å²) in [5, 5.41) is 14.0. The first-order chi connectivity index (χ1) is 11.8. The van der Waals surface area contributed by atoms with Gasteiger partial charge in [0.25, 0.3) is 0 Å². The van der Waals surface area contributed by atoms with Gasteiger partial charge in [-0.25, -0.2) is 9.97 Å². The molecule has 1 aromatic carbocycles. The number of ether oxygens (including phenoxy) is 2. The minimum Gasteiger partial charge on any atom is -0.488 e. The minimum absolute atomic E-state index is 0.135. The molecule has 2 fully saturated rings. The molecule has 2 aliphatic rings. The highest BCUT2D eigenvalue weighted by molar-refractivity contribution is 5.80. The second-order valence-corrected chi connectivity index (χ2v) is 6.67. The number of nitrogens with one attached hydrogen (secondary N) is 1. The summed E-state index contributed by atoms with van der Waals surface area (Å²) in [5.41, 5.74) is 0.875. The topological polar surface area (TPSA) is 76.5 Å². The number of aliphatic hydroxyl groups excluding tert-OH is 1. The lowest BCUT2D eigenvalue weighted by Gasteiger charge is -2.26. The maximum atomic E-state index is 9.60. The Kier molecular flexibility index (Phi) is 4.49. The van der Waals surface area contributed by atoms with Crippen molar-refractivity contribution in [2.75, 3.05) is 18.5 Å². The van der Waals surface area contributed by atoms with Gasteiger partial charge in [-0.15, -0.1) is 0 Å². The maximum absolute atomic E-state index is 9.60. The number of hydrogen-bond donors (Lipinski definition) is 2. The van der Waals surface area contributed by atoms with Crippen molar-refractivity contribution in [3.63, 3.8) is 0 Å². The van der Waals surface area contributed by atoms with E-state index in [1.54, 1.807) is 0 Å². The first-order valence-corrected chi connectivity index (χ1v) is 8.72. The van der Waals surface area contributed by atoms with Crippen LogP contribution in [0.25, 0.3) is 10.9 Å². The highest BCUT2D eigenvalue weighted by Crippen LogP contribution is 2.24. The fourth-order valence-corrected chi connectivity index (χ4v) is 3.35. The normalized spacial score (nSPS) is 27.3. The number of aromatic nitrogens is 2. The van der Waals surface area contributed by atoms with E-state index in [4.69, 9.17) is 9.47 Å². The number of benzene rings is 1. The fourth-order valence-electron chi connectivity index (χ4n) is 3.35. The van der Waals surface area contributed by atoms with Crippen LogP contribution >= 0.6 is 0 Å². The molecule has 4 rings (SSSR count). The van der Waals surface area contributed by atoms with E-state index in [1.807, 2.05) is 24.4 Å². The van der Waals surface area contributed by atoms with Gasteiger partial charge in [0.15, 0.2) is 0 Å². The SMILES string of the molecule is OC1CCC(Nc2ncc3ccc(O[C@H]4CCOC4)cc3n2)CC1. The fraction of sp³-hybridized carbons (Fsp3) is 0.556. The van der Waals surface area contributed by atoms with Gasteiger partial charge in [0.1, 0.15) is 11.9 Å². The van der Waals surface area contributed by atoms with E-state index in [0.29, 0.717) is 18.6 Å². The Morgan fingerprint density at radius 1 is 1.17 bits per heavy atom. The van der Waals surface area contributed by atoms with Crippen molar-refractivity contribution < 1.29 is 14.6 Å². The molecular formula is C18H23N3O3. The number of anilines is 1. The lowest BCUT2D eigenvalue weighted by atomic mass is 9.93. The van der Waals surface area contributed by atoms with Crippen molar-refractivity contribution in [1.82, 2.24) is 9.97 Å². The summed E-state index contributed by atoms with van der Waals surface area (Å²) in [6, 6.07) is 6.24. The van der Waals surface area contributed by atoms with Crippen molar-refractivity contribution in [3.05, 3.63) is 24.4 Å². The van der Waals surface area contributed by atoms with Crippen LogP contribution in [0.1, 0.15) is 32.1 Å². The summed E-state index contributed by atoms with van der Waals surface area (Å²) in [6.07, 6.45) is 6.34. The average Bonchev–Trinajstić information content (AvgIpc) is 3.10. The molecule has 1 aromatic heterocycles. The standard InChI is InChI=1S/C18H23N3O3/c22-14-4-2-13(3-5-14)20-18-19-10-12-1-6-15(9-17(12)21-18)24-16-7-8-23-11-16/h1,6,9-10,13-14,16,22H,2-5,7-8,11H2,(H,19,20,21)/t13?,14?,16-/m0/s1.